The van der Waals surface area contributed by atoms with E-state index in [-0.39, 0.29) is 0 Å². The molecule has 0 heteroatoms. The van der Waals surface area contributed by atoms with Crippen LogP contribution in [0.2, 0.25) is 0 Å². The van der Waals surface area contributed by atoms with Crippen LogP contribution in [0, 0.1) is 6.92 Å². The molecule has 0 aliphatic carbocycles. The Balaban J connectivity index is 3.41. The van der Waals surface area contributed by atoms with Crippen molar-refractivity contribution in [2.75, 3.05) is 0 Å². The average Bonchev–Trinajstić information content (AvgIpc) is 2.31. The van der Waals surface area contributed by atoms with Crippen molar-refractivity contribution in [3.63, 3.8) is 0 Å². The molecule has 0 N–H and O–H groups in total. The van der Waals surface area contributed by atoms with Gasteiger partial charge in [-0.2, -0.15) is 0 Å². The van der Waals surface area contributed by atoms with Crippen molar-refractivity contribution in [2.45, 2.75) is 45.4 Å². The lowest BCUT2D eigenvalue weighted by molar-refractivity contribution is 0.674. The zero-order valence-electron chi connectivity index (χ0n) is 10.6. The molecule has 0 aromatic rings. The highest BCUT2D eigenvalue weighted by atomic mass is 13.9. The topological polar surface area (TPSA) is 0 Å². The lowest BCUT2D eigenvalue weighted by Gasteiger charge is -1.92. The number of rotatable bonds is 9. The second-order valence-corrected chi connectivity index (χ2v) is 3.76. The molecular weight excluding hydrogens is 192 g/mol. The number of unbranched alkanes of at least 4 members (excludes halogenated alkanes) is 4. The molecule has 0 amide bonds. The van der Waals surface area contributed by atoms with Crippen LogP contribution in [-0.2, 0) is 0 Å². The van der Waals surface area contributed by atoms with Gasteiger partial charge in [0.2, 0.25) is 0 Å². The van der Waals surface area contributed by atoms with Gasteiger partial charge < -0.3 is 0 Å². The van der Waals surface area contributed by atoms with Crippen LogP contribution in [0.4, 0.5) is 0 Å². The van der Waals surface area contributed by atoms with E-state index >= 15 is 0 Å². The summed E-state index contributed by atoms with van der Waals surface area (Å²) in [5, 5.41) is 0. The van der Waals surface area contributed by atoms with Gasteiger partial charge in [0.15, 0.2) is 0 Å². The molecule has 0 heterocycles. The fourth-order valence-corrected chi connectivity index (χ4v) is 1.30. The normalized spacial score (nSPS) is 12.9. The van der Waals surface area contributed by atoms with Crippen LogP contribution in [0.1, 0.15) is 45.4 Å². The Hall–Kier alpha value is -1.04. The molecule has 0 aliphatic rings. The molecule has 1 radical (unpaired) electrons. The van der Waals surface area contributed by atoms with Crippen LogP contribution in [0.15, 0.2) is 48.6 Å². The fourth-order valence-electron chi connectivity index (χ4n) is 1.30. The average molecular weight is 217 g/mol. The molecule has 0 aromatic heterocycles. The molecule has 0 unspecified atom stereocenters. The Labute approximate surface area is 101 Å². The smallest absolute Gasteiger partial charge is 0.0347 e. The van der Waals surface area contributed by atoms with Gasteiger partial charge in [-0.3, -0.25) is 0 Å². The van der Waals surface area contributed by atoms with E-state index in [1.165, 1.54) is 32.1 Å². The first-order valence-corrected chi connectivity index (χ1v) is 6.36. The quantitative estimate of drug-likeness (QED) is 0.358. The Bertz CT molecular complexity index is 228. The van der Waals surface area contributed by atoms with Gasteiger partial charge in [0.05, 0.1) is 0 Å². The second kappa shape index (κ2) is 14.0. The summed E-state index contributed by atoms with van der Waals surface area (Å²) in [5.41, 5.74) is 0. The van der Waals surface area contributed by atoms with Gasteiger partial charge in [-0.25, -0.2) is 0 Å². The zero-order valence-corrected chi connectivity index (χ0v) is 10.6. The van der Waals surface area contributed by atoms with Gasteiger partial charge in [0.1, 0.15) is 0 Å². The third-order valence-corrected chi connectivity index (χ3v) is 2.22. The summed E-state index contributed by atoms with van der Waals surface area (Å²) in [4.78, 5) is 0. The summed E-state index contributed by atoms with van der Waals surface area (Å²) >= 11 is 0. The summed E-state index contributed by atoms with van der Waals surface area (Å²) in [7, 11) is 0. The summed E-state index contributed by atoms with van der Waals surface area (Å²) in [6.07, 6.45) is 24.0. The molecule has 0 rings (SSSR count). The van der Waals surface area contributed by atoms with E-state index in [4.69, 9.17) is 0 Å². The van der Waals surface area contributed by atoms with Crippen LogP contribution >= 0.6 is 0 Å². The number of hydrogen-bond acceptors (Lipinski definition) is 0. The molecule has 0 spiro atoms. The first-order chi connectivity index (χ1) is 7.91. The lowest BCUT2D eigenvalue weighted by atomic mass is 10.1. The van der Waals surface area contributed by atoms with Crippen molar-refractivity contribution < 1.29 is 0 Å². The maximum atomic E-state index is 3.72. The molecular formula is C16H25. The third-order valence-electron chi connectivity index (χ3n) is 2.22. The molecule has 0 saturated carbocycles. The first-order valence-electron chi connectivity index (χ1n) is 6.36. The van der Waals surface area contributed by atoms with Crippen LogP contribution in [0.3, 0.4) is 0 Å². The highest BCUT2D eigenvalue weighted by Gasteiger charge is 1.82. The molecule has 0 fully saturated rings. The van der Waals surface area contributed by atoms with Crippen molar-refractivity contribution in [1.29, 1.82) is 0 Å². The van der Waals surface area contributed by atoms with Crippen LogP contribution < -0.4 is 0 Å². The Morgan fingerprint density at radius 2 is 1.38 bits per heavy atom. The number of allylic oxidation sites excluding steroid dienone is 8. The first kappa shape index (κ1) is 15.0. The third kappa shape index (κ3) is 13.0. The summed E-state index contributed by atoms with van der Waals surface area (Å²) in [6, 6.07) is 0. The molecule has 0 aromatic carbocycles. The molecule has 0 aliphatic heterocycles. The van der Waals surface area contributed by atoms with Gasteiger partial charge in [0, 0.05) is 0 Å². The maximum absolute atomic E-state index is 3.72. The van der Waals surface area contributed by atoms with Crippen molar-refractivity contribution in [3.8, 4) is 0 Å². The van der Waals surface area contributed by atoms with E-state index in [0.29, 0.717) is 0 Å². The minimum Gasteiger partial charge on any atom is -0.0845 e. The maximum Gasteiger partial charge on any atom is -0.0347 e. The molecule has 0 atom stereocenters. The van der Waals surface area contributed by atoms with E-state index in [1.54, 1.807) is 0 Å². The Morgan fingerprint density at radius 1 is 0.750 bits per heavy atom. The van der Waals surface area contributed by atoms with Crippen molar-refractivity contribution >= 4 is 0 Å². The summed E-state index contributed by atoms with van der Waals surface area (Å²) in [5.74, 6) is 0. The Kier molecular flexibility index (Phi) is 13.1. The highest BCUT2D eigenvalue weighted by molar-refractivity contribution is 5.15. The van der Waals surface area contributed by atoms with E-state index in [1.807, 2.05) is 24.3 Å². The minimum atomic E-state index is 0.853. The summed E-state index contributed by atoms with van der Waals surface area (Å²) < 4.78 is 0. The SMILES string of the molecule is [CH2]C/C=C/C=C/C=C/C=C/CCCCCC. The summed E-state index contributed by atoms with van der Waals surface area (Å²) in [6.45, 7) is 5.97. The van der Waals surface area contributed by atoms with Gasteiger partial charge >= 0.3 is 0 Å². The van der Waals surface area contributed by atoms with Gasteiger partial charge in [0.25, 0.3) is 0 Å². The number of hydrogen-bond donors (Lipinski definition) is 0. The van der Waals surface area contributed by atoms with Crippen molar-refractivity contribution in [1.82, 2.24) is 0 Å². The van der Waals surface area contributed by atoms with E-state index < -0.39 is 0 Å². The van der Waals surface area contributed by atoms with E-state index in [2.05, 4.69) is 38.2 Å². The lowest BCUT2D eigenvalue weighted by Crippen LogP contribution is -1.72. The van der Waals surface area contributed by atoms with Crippen molar-refractivity contribution in [3.05, 3.63) is 55.5 Å². The predicted molar refractivity (Wildman–Crippen MR) is 75.3 cm³/mol. The second-order valence-electron chi connectivity index (χ2n) is 3.76. The molecule has 0 nitrogen and oxygen atoms in total. The predicted octanol–water partition coefficient (Wildman–Crippen LogP) is 5.41. The van der Waals surface area contributed by atoms with Gasteiger partial charge in [-0.05, 0) is 26.2 Å². The molecule has 0 bridgehead atoms. The molecule has 16 heavy (non-hydrogen) atoms. The van der Waals surface area contributed by atoms with Crippen molar-refractivity contribution in [2.24, 2.45) is 0 Å². The molecule has 0 saturated heterocycles. The van der Waals surface area contributed by atoms with Crippen LogP contribution in [0.25, 0.3) is 0 Å². The largest absolute Gasteiger partial charge is 0.0845 e. The van der Waals surface area contributed by atoms with Crippen LogP contribution in [-0.4, -0.2) is 0 Å². The monoisotopic (exact) mass is 217 g/mol. The standard InChI is InChI=1S/C16H25/c1-3-5-7-9-11-13-15-16-14-12-10-8-6-4-2/h5,7,9,11,13-16H,1,3-4,6,8,10,12H2,2H3/b7-5+,11-9+,15-13+,16-14+. The van der Waals surface area contributed by atoms with E-state index in [0.717, 1.165) is 6.42 Å². The minimum absolute atomic E-state index is 0.853. The van der Waals surface area contributed by atoms with Crippen LogP contribution in [0.5, 0.6) is 0 Å². The highest BCUT2D eigenvalue weighted by Crippen LogP contribution is 2.02. The fraction of sp³-hybridized carbons (Fsp3) is 0.438. The zero-order chi connectivity index (χ0) is 11.9. The molecule has 89 valence electrons. The Morgan fingerprint density at radius 3 is 2.00 bits per heavy atom. The van der Waals surface area contributed by atoms with E-state index in [9.17, 15) is 0 Å². The van der Waals surface area contributed by atoms with Gasteiger partial charge in [-0.15, -0.1) is 0 Å². The van der Waals surface area contributed by atoms with Gasteiger partial charge in [-0.1, -0.05) is 74.8 Å².